The highest BCUT2D eigenvalue weighted by Crippen LogP contribution is 2.20. The van der Waals surface area contributed by atoms with Crippen molar-refractivity contribution in [1.82, 2.24) is 0 Å². The lowest BCUT2D eigenvalue weighted by atomic mass is 9.98. The number of rotatable bonds is 7. The van der Waals surface area contributed by atoms with E-state index >= 15 is 0 Å². The molecule has 2 nitrogen and oxygen atoms in total. The molecular formula is C18H23NO. The smallest absolute Gasteiger partial charge is 0.121 e. The molecule has 106 valence electrons. The molecule has 0 amide bonds. The van der Waals surface area contributed by atoms with Gasteiger partial charge in [0, 0.05) is 18.3 Å². The van der Waals surface area contributed by atoms with Gasteiger partial charge in [-0.15, -0.1) is 0 Å². The Labute approximate surface area is 121 Å². The molecule has 0 spiro atoms. The van der Waals surface area contributed by atoms with Gasteiger partial charge in [0.15, 0.2) is 0 Å². The molecule has 0 aromatic heterocycles. The van der Waals surface area contributed by atoms with E-state index in [1.807, 2.05) is 19.1 Å². The standard InChI is InChI=1S/C18H23NO/c1-3-20-18-11-7-10-17(14-18)19-13-12-15(2)16-8-5-4-6-9-16/h4-11,14-15,19H,3,12-13H2,1-2H3. The molecular weight excluding hydrogens is 246 g/mol. The van der Waals surface area contributed by atoms with Crippen LogP contribution in [0.15, 0.2) is 54.6 Å². The Bertz CT molecular complexity index is 510. The Balaban J connectivity index is 1.82. The summed E-state index contributed by atoms with van der Waals surface area (Å²) in [5.74, 6) is 1.49. The second-order valence-electron chi connectivity index (χ2n) is 4.99. The molecule has 1 atom stereocenters. The fourth-order valence-corrected chi connectivity index (χ4v) is 2.24. The summed E-state index contributed by atoms with van der Waals surface area (Å²) in [5.41, 5.74) is 2.52. The van der Waals surface area contributed by atoms with Crippen LogP contribution in [0.4, 0.5) is 5.69 Å². The maximum Gasteiger partial charge on any atom is 0.121 e. The van der Waals surface area contributed by atoms with E-state index in [1.54, 1.807) is 0 Å². The summed E-state index contributed by atoms with van der Waals surface area (Å²) >= 11 is 0. The summed E-state index contributed by atoms with van der Waals surface area (Å²) in [6.45, 7) is 5.94. The summed E-state index contributed by atoms with van der Waals surface area (Å²) in [6.07, 6.45) is 1.11. The molecule has 20 heavy (non-hydrogen) atoms. The molecule has 0 radical (unpaired) electrons. The number of benzene rings is 2. The van der Waals surface area contributed by atoms with Crippen LogP contribution in [0.3, 0.4) is 0 Å². The number of hydrogen-bond acceptors (Lipinski definition) is 2. The van der Waals surface area contributed by atoms with Crippen LogP contribution in [0.2, 0.25) is 0 Å². The van der Waals surface area contributed by atoms with Crippen molar-refractivity contribution in [2.45, 2.75) is 26.2 Å². The second-order valence-corrected chi connectivity index (χ2v) is 4.99. The van der Waals surface area contributed by atoms with Gasteiger partial charge in [-0.2, -0.15) is 0 Å². The Morgan fingerprint density at radius 1 is 1.05 bits per heavy atom. The van der Waals surface area contributed by atoms with Crippen LogP contribution in [0.25, 0.3) is 0 Å². The largest absolute Gasteiger partial charge is 0.494 e. The second kappa shape index (κ2) is 7.59. The van der Waals surface area contributed by atoms with E-state index in [-0.39, 0.29) is 0 Å². The predicted octanol–water partition coefficient (Wildman–Crippen LogP) is 4.69. The van der Waals surface area contributed by atoms with Crippen LogP contribution in [0, 0.1) is 0 Å². The van der Waals surface area contributed by atoms with E-state index in [4.69, 9.17) is 4.74 Å². The zero-order chi connectivity index (χ0) is 14.2. The third-order valence-corrected chi connectivity index (χ3v) is 3.42. The van der Waals surface area contributed by atoms with Crippen molar-refractivity contribution in [3.05, 3.63) is 60.2 Å². The SMILES string of the molecule is CCOc1cccc(NCCC(C)c2ccccc2)c1. The van der Waals surface area contributed by atoms with Gasteiger partial charge in [0.05, 0.1) is 6.61 Å². The molecule has 0 heterocycles. The molecule has 2 aromatic rings. The van der Waals surface area contributed by atoms with Gasteiger partial charge in [-0.3, -0.25) is 0 Å². The summed E-state index contributed by atoms with van der Waals surface area (Å²) in [7, 11) is 0. The lowest BCUT2D eigenvalue weighted by Crippen LogP contribution is -2.06. The number of ether oxygens (including phenoxy) is 1. The van der Waals surface area contributed by atoms with Crippen molar-refractivity contribution in [2.24, 2.45) is 0 Å². The molecule has 1 N–H and O–H groups in total. The van der Waals surface area contributed by atoms with E-state index in [0.29, 0.717) is 12.5 Å². The fourth-order valence-electron chi connectivity index (χ4n) is 2.24. The first-order valence-electron chi connectivity index (χ1n) is 7.31. The molecule has 1 unspecified atom stereocenters. The quantitative estimate of drug-likeness (QED) is 0.787. The average Bonchev–Trinajstić information content (AvgIpc) is 2.49. The van der Waals surface area contributed by atoms with Crippen LogP contribution >= 0.6 is 0 Å². The minimum atomic E-state index is 0.568. The van der Waals surface area contributed by atoms with Crippen LogP contribution in [-0.4, -0.2) is 13.2 Å². The van der Waals surface area contributed by atoms with Crippen LogP contribution < -0.4 is 10.1 Å². The molecule has 0 aliphatic rings. The van der Waals surface area contributed by atoms with Gasteiger partial charge in [0.25, 0.3) is 0 Å². The lowest BCUT2D eigenvalue weighted by molar-refractivity contribution is 0.340. The van der Waals surface area contributed by atoms with Crippen molar-refractivity contribution in [1.29, 1.82) is 0 Å². The molecule has 0 aliphatic heterocycles. The van der Waals surface area contributed by atoms with Crippen molar-refractivity contribution in [2.75, 3.05) is 18.5 Å². The maximum absolute atomic E-state index is 5.50. The van der Waals surface area contributed by atoms with E-state index < -0.39 is 0 Å². The highest BCUT2D eigenvalue weighted by atomic mass is 16.5. The number of nitrogens with one attached hydrogen (secondary N) is 1. The Kier molecular flexibility index (Phi) is 5.48. The van der Waals surface area contributed by atoms with Crippen molar-refractivity contribution in [3.63, 3.8) is 0 Å². The molecule has 0 saturated heterocycles. The minimum Gasteiger partial charge on any atom is -0.494 e. The van der Waals surface area contributed by atoms with Crippen LogP contribution in [0.5, 0.6) is 5.75 Å². The zero-order valence-corrected chi connectivity index (χ0v) is 12.3. The summed E-state index contributed by atoms with van der Waals surface area (Å²) in [6, 6.07) is 18.8. The molecule has 2 rings (SSSR count). The molecule has 2 aromatic carbocycles. The Hall–Kier alpha value is -1.96. The van der Waals surface area contributed by atoms with Crippen molar-refractivity contribution < 1.29 is 4.74 Å². The predicted molar refractivity (Wildman–Crippen MR) is 85.6 cm³/mol. The first-order valence-corrected chi connectivity index (χ1v) is 7.31. The fraction of sp³-hybridized carbons (Fsp3) is 0.333. The third-order valence-electron chi connectivity index (χ3n) is 3.42. The summed E-state index contributed by atoms with van der Waals surface area (Å²) in [4.78, 5) is 0. The van der Waals surface area contributed by atoms with Crippen LogP contribution in [0.1, 0.15) is 31.7 Å². The lowest BCUT2D eigenvalue weighted by Gasteiger charge is -2.13. The number of hydrogen-bond donors (Lipinski definition) is 1. The van der Waals surface area contributed by atoms with Gasteiger partial charge >= 0.3 is 0 Å². The van der Waals surface area contributed by atoms with Gasteiger partial charge in [0.2, 0.25) is 0 Å². The van der Waals surface area contributed by atoms with Gasteiger partial charge < -0.3 is 10.1 Å². The van der Waals surface area contributed by atoms with Crippen molar-refractivity contribution in [3.8, 4) is 5.75 Å². The third kappa shape index (κ3) is 4.30. The van der Waals surface area contributed by atoms with Gasteiger partial charge in [-0.25, -0.2) is 0 Å². The highest BCUT2D eigenvalue weighted by Gasteiger charge is 2.04. The summed E-state index contributed by atoms with van der Waals surface area (Å²) < 4.78 is 5.50. The number of anilines is 1. The molecule has 0 fully saturated rings. The van der Waals surface area contributed by atoms with E-state index in [2.05, 4.69) is 54.7 Å². The average molecular weight is 269 g/mol. The molecule has 0 saturated carbocycles. The summed E-state index contributed by atoms with van der Waals surface area (Å²) in [5, 5.41) is 3.46. The molecule has 0 aliphatic carbocycles. The van der Waals surface area contributed by atoms with E-state index in [1.165, 1.54) is 5.56 Å². The zero-order valence-electron chi connectivity index (χ0n) is 12.3. The molecule has 0 bridgehead atoms. The maximum atomic E-state index is 5.50. The highest BCUT2D eigenvalue weighted by molar-refractivity contribution is 5.48. The van der Waals surface area contributed by atoms with Crippen molar-refractivity contribution >= 4 is 5.69 Å². The first kappa shape index (κ1) is 14.4. The minimum absolute atomic E-state index is 0.568. The van der Waals surface area contributed by atoms with E-state index in [0.717, 1.165) is 24.4 Å². The van der Waals surface area contributed by atoms with Gasteiger partial charge in [-0.05, 0) is 37.0 Å². The topological polar surface area (TPSA) is 21.3 Å². The van der Waals surface area contributed by atoms with Gasteiger partial charge in [-0.1, -0.05) is 43.3 Å². The monoisotopic (exact) mass is 269 g/mol. The van der Waals surface area contributed by atoms with E-state index in [9.17, 15) is 0 Å². The normalized spacial score (nSPS) is 11.9. The van der Waals surface area contributed by atoms with Gasteiger partial charge in [0.1, 0.15) is 5.75 Å². The first-order chi connectivity index (χ1) is 9.79. The Morgan fingerprint density at radius 3 is 2.60 bits per heavy atom. The Morgan fingerprint density at radius 2 is 1.85 bits per heavy atom. The molecule has 2 heteroatoms. The van der Waals surface area contributed by atoms with Crippen LogP contribution in [-0.2, 0) is 0 Å².